The molecule has 0 radical (unpaired) electrons. The second kappa shape index (κ2) is 12.0. The molecule has 1 aromatic rings. The third-order valence-electron chi connectivity index (χ3n) is 3.57. The highest BCUT2D eigenvalue weighted by atomic mass is 16.6. The van der Waals surface area contributed by atoms with E-state index in [4.69, 9.17) is 9.47 Å². The number of nitro benzene ring substituents is 1. The minimum atomic E-state index is -0.478. The monoisotopic (exact) mass is 351 g/mol. The maximum atomic E-state index is 11.6. The summed E-state index contributed by atoms with van der Waals surface area (Å²) in [5.74, 6) is -0.875. The molecular formula is C18H25NO6. The number of carbonyl (C=O) groups is 2. The van der Waals surface area contributed by atoms with Gasteiger partial charge in [0.15, 0.2) is 0 Å². The van der Waals surface area contributed by atoms with Gasteiger partial charge in [-0.25, -0.2) is 0 Å². The molecule has 0 spiro atoms. The highest BCUT2D eigenvalue weighted by molar-refractivity contribution is 5.77. The fourth-order valence-electron chi connectivity index (χ4n) is 2.17. The Labute approximate surface area is 147 Å². The second-order valence-electron chi connectivity index (χ2n) is 5.68. The number of ether oxygens (including phenoxy) is 2. The minimum absolute atomic E-state index is 0.00339. The van der Waals surface area contributed by atoms with Gasteiger partial charge in [-0.1, -0.05) is 38.3 Å². The second-order valence-corrected chi connectivity index (χ2v) is 5.68. The summed E-state index contributed by atoms with van der Waals surface area (Å²) < 4.78 is 10.1. The summed E-state index contributed by atoms with van der Waals surface area (Å²) in [4.78, 5) is 33.3. The predicted molar refractivity (Wildman–Crippen MR) is 92.1 cm³/mol. The van der Waals surface area contributed by atoms with Crippen LogP contribution in [0, 0.1) is 10.1 Å². The van der Waals surface area contributed by atoms with Crippen molar-refractivity contribution < 1.29 is 24.0 Å². The lowest BCUT2D eigenvalue weighted by Crippen LogP contribution is -2.12. The van der Waals surface area contributed by atoms with Crippen LogP contribution in [0.5, 0.6) is 0 Å². The lowest BCUT2D eigenvalue weighted by atomic mass is 10.1. The van der Waals surface area contributed by atoms with Crippen LogP contribution in [-0.2, 0) is 25.5 Å². The van der Waals surface area contributed by atoms with Gasteiger partial charge < -0.3 is 9.47 Å². The van der Waals surface area contributed by atoms with E-state index in [1.807, 2.05) is 0 Å². The Kier molecular flexibility index (Phi) is 9.89. The number of rotatable bonds is 12. The topological polar surface area (TPSA) is 95.7 Å². The standard InChI is InChI=1S/C18H25NO6/c1-2-3-4-5-12-24-17(20)9-10-18(21)25-13-11-15-7-6-8-16(14-15)19(22)23/h6-8,14H,2-5,9-13H2,1H3. The highest BCUT2D eigenvalue weighted by Crippen LogP contribution is 2.13. The van der Waals surface area contributed by atoms with Crippen LogP contribution >= 0.6 is 0 Å². The molecule has 138 valence electrons. The molecule has 0 aliphatic heterocycles. The first-order valence-electron chi connectivity index (χ1n) is 8.57. The molecule has 0 aromatic heterocycles. The van der Waals surface area contributed by atoms with E-state index in [-0.39, 0.29) is 25.1 Å². The Morgan fingerprint density at radius 1 is 1.04 bits per heavy atom. The van der Waals surface area contributed by atoms with Gasteiger partial charge in [0.25, 0.3) is 5.69 Å². The molecule has 0 N–H and O–H groups in total. The predicted octanol–water partition coefficient (Wildman–Crippen LogP) is 3.58. The summed E-state index contributed by atoms with van der Waals surface area (Å²) in [5.41, 5.74) is 0.721. The van der Waals surface area contributed by atoms with Gasteiger partial charge in [0.1, 0.15) is 0 Å². The SMILES string of the molecule is CCCCCCOC(=O)CCC(=O)OCCc1cccc([N+](=O)[O-])c1. The van der Waals surface area contributed by atoms with Gasteiger partial charge in [0.05, 0.1) is 31.0 Å². The van der Waals surface area contributed by atoms with E-state index >= 15 is 0 Å². The maximum absolute atomic E-state index is 11.6. The van der Waals surface area contributed by atoms with Gasteiger partial charge in [-0.15, -0.1) is 0 Å². The Morgan fingerprint density at radius 3 is 2.36 bits per heavy atom. The molecule has 25 heavy (non-hydrogen) atoms. The molecule has 0 heterocycles. The van der Waals surface area contributed by atoms with E-state index in [0.717, 1.165) is 25.7 Å². The summed E-state index contributed by atoms with van der Waals surface area (Å²) in [5, 5.41) is 10.7. The first-order valence-corrected chi connectivity index (χ1v) is 8.57. The number of hydrogen-bond acceptors (Lipinski definition) is 6. The van der Waals surface area contributed by atoms with Gasteiger partial charge in [0, 0.05) is 18.6 Å². The van der Waals surface area contributed by atoms with E-state index in [0.29, 0.717) is 18.6 Å². The van der Waals surface area contributed by atoms with Crippen LogP contribution in [0.4, 0.5) is 5.69 Å². The van der Waals surface area contributed by atoms with E-state index < -0.39 is 16.9 Å². The van der Waals surface area contributed by atoms with Crippen molar-refractivity contribution in [3.8, 4) is 0 Å². The van der Waals surface area contributed by atoms with Gasteiger partial charge >= 0.3 is 11.9 Å². The zero-order valence-corrected chi connectivity index (χ0v) is 14.6. The van der Waals surface area contributed by atoms with Gasteiger partial charge in [-0.3, -0.25) is 19.7 Å². The van der Waals surface area contributed by atoms with Crippen LogP contribution in [0.3, 0.4) is 0 Å². The summed E-state index contributed by atoms with van der Waals surface area (Å²) in [6.07, 6.45) is 4.47. The molecule has 0 amide bonds. The van der Waals surface area contributed by atoms with E-state index in [9.17, 15) is 19.7 Å². The molecule has 0 atom stereocenters. The van der Waals surface area contributed by atoms with Crippen molar-refractivity contribution in [2.45, 2.75) is 51.9 Å². The molecule has 0 saturated carbocycles. The van der Waals surface area contributed by atoms with Gasteiger partial charge in [0.2, 0.25) is 0 Å². The zero-order chi connectivity index (χ0) is 18.5. The van der Waals surface area contributed by atoms with Crippen LogP contribution in [0.25, 0.3) is 0 Å². The third-order valence-corrected chi connectivity index (χ3v) is 3.57. The number of non-ortho nitro benzene ring substituents is 1. The van der Waals surface area contributed by atoms with E-state index in [1.54, 1.807) is 12.1 Å². The van der Waals surface area contributed by atoms with Crippen molar-refractivity contribution >= 4 is 17.6 Å². The molecular weight excluding hydrogens is 326 g/mol. The average molecular weight is 351 g/mol. The molecule has 1 rings (SSSR count). The maximum Gasteiger partial charge on any atom is 0.306 e. The number of carbonyl (C=O) groups excluding carboxylic acids is 2. The lowest BCUT2D eigenvalue weighted by molar-refractivity contribution is -0.384. The van der Waals surface area contributed by atoms with Crippen molar-refractivity contribution in [2.24, 2.45) is 0 Å². The Bertz CT molecular complexity index is 572. The molecule has 0 aliphatic rings. The van der Waals surface area contributed by atoms with Crippen molar-refractivity contribution in [3.05, 3.63) is 39.9 Å². The van der Waals surface area contributed by atoms with E-state index in [1.165, 1.54) is 12.1 Å². The van der Waals surface area contributed by atoms with Crippen LogP contribution in [0.2, 0.25) is 0 Å². The Balaban J connectivity index is 2.15. The van der Waals surface area contributed by atoms with Crippen molar-refractivity contribution in [2.75, 3.05) is 13.2 Å². The first-order chi connectivity index (χ1) is 12.0. The normalized spacial score (nSPS) is 10.3. The molecule has 0 fully saturated rings. The molecule has 0 saturated heterocycles. The van der Waals surface area contributed by atoms with Gasteiger partial charge in [-0.05, 0) is 12.0 Å². The molecule has 0 bridgehead atoms. The Morgan fingerprint density at radius 2 is 1.72 bits per heavy atom. The number of esters is 2. The summed E-state index contributed by atoms with van der Waals surface area (Å²) in [6.45, 7) is 2.61. The van der Waals surface area contributed by atoms with Gasteiger partial charge in [-0.2, -0.15) is 0 Å². The number of unbranched alkanes of at least 4 members (excludes halogenated alkanes) is 3. The smallest absolute Gasteiger partial charge is 0.306 e. The average Bonchev–Trinajstić information content (AvgIpc) is 2.60. The zero-order valence-electron chi connectivity index (χ0n) is 14.6. The quantitative estimate of drug-likeness (QED) is 0.247. The molecule has 1 aromatic carbocycles. The van der Waals surface area contributed by atoms with Crippen LogP contribution in [0.1, 0.15) is 51.0 Å². The first kappa shape index (κ1) is 20.6. The third kappa shape index (κ3) is 9.44. The highest BCUT2D eigenvalue weighted by Gasteiger charge is 2.10. The number of nitrogens with zero attached hydrogens (tertiary/aromatic N) is 1. The van der Waals surface area contributed by atoms with Crippen LogP contribution in [-0.4, -0.2) is 30.1 Å². The lowest BCUT2D eigenvalue weighted by Gasteiger charge is -2.06. The van der Waals surface area contributed by atoms with E-state index in [2.05, 4.69) is 6.92 Å². The van der Waals surface area contributed by atoms with Crippen molar-refractivity contribution in [1.29, 1.82) is 0 Å². The number of benzene rings is 1. The molecule has 7 heteroatoms. The fourth-order valence-corrected chi connectivity index (χ4v) is 2.17. The number of hydrogen-bond donors (Lipinski definition) is 0. The van der Waals surface area contributed by atoms with Crippen molar-refractivity contribution in [3.63, 3.8) is 0 Å². The summed E-state index contributed by atoms with van der Waals surface area (Å²) in [7, 11) is 0. The largest absolute Gasteiger partial charge is 0.466 e. The molecule has 0 unspecified atom stereocenters. The van der Waals surface area contributed by atoms with Crippen molar-refractivity contribution in [1.82, 2.24) is 0 Å². The molecule has 7 nitrogen and oxygen atoms in total. The fraction of sp³-hybridized carbons (Fsp3) is 0.556. The molecule has 0 aliphatic carbocycles. The minimum Gasteiger partial charge on any atom is -0.466 e. The summed E-state index contributed by atoms with van der Waals surface area (Å²) >= 11 is 0. The number of nitro groups is 1. The summed E-state index contributed by atoms with van der Waals surface area (Å²) in [6, 6.07) is 6.18. The Hall–Kier alpha value is -2.44. The van der Waals surface area contributed by atoms with Crippen LogP contribution < -0.4 is 0 Å². The van der Waals surface area contributed by atoms with Crippen LogP contribution in [0.15, 0.2) is 24.3 Å².